The topological polar surface area (TPSA) is 83.7 Å². The molecule has 6 nitrogen and oxygen atoms in total. The van der Waals surface area contributed by atoms with Crippen LogP contribution in [0.2, 0.25) is 0 Å². The fourth-order valence-corrected chi connectivity index (χ4v) is 2.31. The van der Waals surface area contributed by atoms with E-state index in [4.69, 9.17) is 5.73 Å². The van der Waals surface area contributed by atoms with Gasteiger partial charge < -0.3 is 15.5 Å². The maximum atomic E-state index is 12.0. The van der Waals surface area contributed by atoms with E-state index in [0.717, 1.165) is 5.56 Å². The molecule has 1 aliphatic heterocycles. The van der Waals surface area contributed by atoms with E-state index in [1.165, 1.54) is 4.90 Å². The summed E-state index contributed by atoms with van der Waals surface area (Å²) in [5.41, 5.74) is 6.80. The normalized spacial score (nSPS) is 17.9. The maximum Gasteiger partial charge on any atom is 0.227 e. The van der Waals surface area contributed by atoms with Crippen molar-refractivity contribution in [1.29, 1.82) is 0 Å². The SMILES string of the molecule is CN(C)C(=O)Cc1cccc(N2CC(C(N)=O)CC2=O)c1. The molecular formula is C15H19N3O3. The van der Waals surface area contributed by atoms with Gasteiger partial charge in [-0.2, -0.15) is 0 Å². The lowest BCUT2D eigenvalue weighted by molar-refractivity contribution is -0.128. The van der Waals surface area contributed by atoms with Crippen LogP contribution in [0.1, 0.15) is 12.0 Å². The summed E-state index contributed by atoms with van der Waals surface area (Å²) in [5, 5.41) is 0. The molecule has 3 amide bonds. The highest BCUT2D eigenvalue weighted by Crippen LogP contribution is 2.25. The van der Waals surface area contributed by atoms with Crippen LogP contribution < -0.4 is 10.6 Å². The van der Waals surface area contributed by atoms with Gasteiger partial charge in [0.15, 0.2) is 0 Å². The van der Waals surface area contributed by atoms with E-state index in [1.54, 1.807) is 31.1 Å². The summed E-state index contributed by atoms with van der Waals surface area (Å²) in [6, 6.07) is 7.25. The molecule has 2 rings (SSSR count). The van der Waals surface area contributed by atoms with Crippen LogP contribution in [0.25, 0.3) is 0 Å². The Bertz CT molecular complexity index is 583. The zero-order chi connectivity index (χ0) is 15.6. The predicted molar refractivity (Wildman–Crippen MR) is 78.5 cm³/mol. The maximum absolute atomic E-state index is 12.0. The molecule has 112 valence electrons. The second kappa shape index (κ2) is 5.95. The summed E-state index contributed by atoms with van der Waals surface area (Å²) in [4.78, 5) is 38.0. The zero-order valence-electron chi connectivity index (χ0n) is 12.2. The van der Waals surface area contributed by atoms with Gasteiger partial charge in [-0.15, -0.1) is 0 Å². The Morgan fingerprint density at radius 2 is 2.10 bits per heavy atom. The molecule has 21 heavy (non-hydrogen) atoms. The van der Waals surface area contributed by atoms with Crippen LogP contribution in [0.5, 0.6) is 0 Å². The summed E-state index contributed by atoms with van der Waals surface area (Å²) in [7, 11) is 3.40. The van der Waals surface area contributed by atoms with E-state index < -0.39 is 11.8 Å². The Morgan fingerprint density at radius 3 is 2.67 bits per heavy atom. The van der Waals surface area contributed by atoms with Crippen molar-refractivity contribution < 1.29 is 14.4 Å². The van der Waals surface area contributed by atoms with Gasteiger partial charge >= 0.3 is 0 Å². The highest BCUT2D eigenvalue weighted by molar-refractivity contribution is 6.00. The summed E-state index contributed by atoms with van der Waals surface area (Å²) in [6.07, 6.45) is 0.429. The number of nitrogens with zero attached hydrogens (tertiary/aromatic N) is 2. The Balaban J connectivity index is 2.16. The lowest BCUT2D eigenvalue weighted by atomic mass is 10.1. The van der Waals surface area contributed by atoms with Gasteiger partial charge in [-0.05, 0) is 17.7 Å². The van der Waals surface area contributed by atoms with Crippen molar-refractivity contribution >= 4 is 23.4 Å². The van der Waals surface area contributed by atoms with Gasteiger partial charge in [0, 0.05) is 32.7 Å². The highest BCUT2D eigenvalue weighted by Gasteiger charge is 2.33. The van der Waals surface area contributed by atoms with Crippen LogP contribution in [0.3, 0.4) is 0 Å². The number of hydrogen-bond donors (Lipinski definition) is 1. The van der Waals surface area contributed by atoms with Gasteiger partial charge in [0.1, 0.15) is 0 Å². The molecule has 0 aromatic heterocycles. The summed E-state index contributed by atoms with van der Waals surface area (Å²) in [5.74, 6) is -1.01. The third-order valence-corrected chi connectivity index (χ3v) is 3.60. The van der Waals surface area contributed by atoms with Gasteiger partial charge in [0.25, 0.3) is 0 Å². The van der Waals surface area contributed by atoms with Gasteiger partial charge in [-0.1, -0.05) is 12.1 Å². The minimum Gasteiger partial charge on any atom is -0.369 e. The minimum atomic E-state index is -0.454. The number of rotatable bonds is 4. The molecule has 1 heterocycles. The fourth-order valence-electron chi connectivity index (χ4n) is 2.31. The van der Waals surface area contributed by atoms with Crippen molar-refractivity contribution in [2.75, 3.05) is 25.5 Å². The molecule has 1 aliphatic rings. The molecule has 1 aromatic rings. The molecule has 0 aliphatic carbocycles. The van der Waals surface area contributed by atoms with Gasteiger partial charge in [-0.25, -0.2) is 0 Å². The van der Waals surface area contributed by atoms with Gasteiger partial charge in [-0.3, -0.25) is 14.4 Å². The molecular weight excluding hydrogens is 270 g/mol. The average molecular weight is 289 g/mol. The Hall–Kier alpha value is -2.37. The van der Waals surface area contributed by atoms with E-state index >= 15 is 0 Å². The summed E-state index contributed by atoms with van der Waals surface area (Å²) >= 11 is 0. The van der Waals surface area contributed by atoms with E-state index in [0.29, 0.717) is 12.2 Å². The van der Waals surface area contributed by atoms with E-state index in [2.05, 4.69) is 0 Å². The number of amides is 3. The first-order chi connectivity index (χ1) is 9.88. The average Bonchev–Trinajstić information content (AvgIpc) is 2.81. The summed E-state index contributed by atoms with van der Waals surface area (Å²) < 4.78 is 0. The van der Waals surface area contributed by atoms with Crippen LogP contribution in [0.15, 0.2) is 24.3 Å². The van der Waals surface area contributed by atoms with Crippen molar-refractivity contribution in [2.24, 2.45) is 11.7 Å². The van der Waals surface area contributed by atoms with Crippen molar-refractivity contribution in [3.63, 3.8) is 0 Å². The van der Waals surface area contributed by atoms with Crippen LogP contribution in [-0.4, -0.2) is 43.3 Å². The molecule has 0 spiro atoms. The van der Waals surface area contributed by atoms with Crippen LogP contribution in [0, 0.1) is 5.92 Å². The van der Waals surface area contributed by atoms with Crippen LogP contribution >= 0.6 is 0 Å². The van der Waals surface area contributed by atoms with E-state index in [1.807, 2.05) is 12.1 Å². The van der Waals surface area contributed by atoms with Crippen molar-refractivity contribution in [2.45, 2.75) is 12.8 Å². The second-order valence-electron chi connectivity index (χ2n) is 5.44. The number of carbonyl (C=O) groups is 3. The van der Waals surface area contributed by atoms with Gasteiger partial charge in [0.2, 0.25) is 17.7 Å². The molecule has 0 radical (unpaired) electrons. The Labute approximate surface area is 123 Å². The van der Waals surface area contributed by atoms with E-state index in [-0.39, 0.29) is 24.7 Å². The number of benzene rings is 1. The molecule has 0 bridgehead atoms. The molecule has 0 saturated carbocycles. The first-order valence-corrected chi connectivity index (χ1v) is 6.77. The molecule has 1 atom stereocenters. The third kappa shape index (κ3) is 3.39. The molecule has 1 unspecified atom stereocenters. The number of primary amides is 1. The Morgan fingerprint density at radius 1 is 1.38 bits per heavy atom. The van der Waals surface area contributed by atoms with Gasteiger partial charge in [0.05, 0.1) is 12.3 Å². The van der Waals surface area contributed by atoms with Crippen LogP contribution in [0.4, 0.5) is 5.69 Å². The Kier molecular flexibility index (Phi) is 4.26. The first-order valence-electron chi connectivity index (χ1n) is 6.77. The van der Waals surface area contributed by atoms with Crippen LogP contribution in [-0.2, 0) is 20.8 Å². The summed E-state index contributed by atoms with van der Waals surface area (Å²) in [6.45, 7) is 0.305. The fraction of sp³-hybridized carbons (Fsp3) is 0.400. The van der Waals surface area contributed by atoms with E-state index in [9.17, 15) is 14.4 Å². The number of hydrogen-bond acceptors (Lipinski definition) is 3. The number of anilines is 1. The molecule has 6 heteroatoms. The number of carbonyl (C=O) groups excluding carboxylic acids is 3. The smallest absolute Gasteiger partial charge is 0.227 e. The first kappa shape index (κ1) is 15.0. The highest BCUT2D eigenvalue weighted by atomic mass is 16.2. The lowest BCUT2D eigenvalue weighted by Gasteiger charge is -2.17. The van der Waals surface area contributed by atoms with Crippen molar-refractivity contribution in [3.8, 4) is 0 Å². The zero-order valence-corrected chi connectivity index (χ0v) is 12.2. The monoisotopic (exact) mass is 289 g/mol. The third-order valence-electron chi connectivity index (χ3n) is 3.60. The quantitative estimate of drug-likeness (QED) is 0.856. The largest absolute Gasteiger partial charge is 0.369 e. The lowest BCUT2D eigenvalue weighted by Crippen LogP contribution is -2.28. The minimum absolute atomic E-state index is 0.00471. The number of nitrogens with two attached hydrogens (primary N) is 1. The molecule has 1 fully saturated rings. The second-order valence-corrected chi connectivity index (χ2v) is 5.44. The predicted octanol–water partition coefficient (Wildman–Crippen LogP) is 0.155. The van der Waals surface area contributed by atoms with Crippen molar-refractivity contribution in [1.82, 2.24) is 4.90 Å². The van der Waals surface area contributed by atoms with Crippen molar-refractivity contribution in [3.05, 3.63) is 29.8 Å². The molecule has 1 saturated heterocycles. The number of likely N-dealkylation sites (N-methyl/N-ethyl adjacent to an activating group) is 1. The standard InChI is InChI=1S/C15H19N3O3/c1-17(2)13(19)7-10-4-3-5-12(6-10)18-9-11(15(16)21)8-14(18)20/h3-6,11H,7-9H2,1-2H3,(H2,16,21). The molecule has 1 aromatic carbocycles. The molecule has 2 N–H and O–H groups in total.